The fourth-order valence-electron chi connectivity index (χ4n) is 2.41. The lowest BCUT2D eigenvalue weighted by Gasteiger charge is -2.17. The Labute approximate surface area is 123 Å². The molecule has 2 rings (SSSR count). The van der Waals surface area contributed by atoms with Crippen LogP contribution in [0, 0.1) is 0 Å². The molecule has 0 amide bonds. The zero-order valence-corrected chi connectivity index (χ0v) is 12.6. The van der Waals surface area contributed by atoms with Gasteiger partial charge in [0.2, 0.25) is 0 Å². The predicted octanol–water partition coefficient (Wildman–Crippen LogP) is 4.36. The standard InChI is InChI=1S/C19H25N/c1-3-16-10-12-18(13-11-16)15-20-19(4-2)14-17-8-6-5-7-9-17/h5-13,19-20H,3-4,14-15H2,1-2H3. The molecule has 0 saturated heterocycles. The molecule has 0 heterocycles. The van der Waals surface area contributed by atoms with Crippen LogP contribution in [-0.4, -0.2) is 6.04 Å². The maximum absolute atomic E-state index is 3.67. The first-order chi connectivity index (χ1) is 9.81. The number of benzene rings is 2. The summed E-state index contributed by atoms with van der Waals surface area (Å²) in [6, 6.07) is 20.2. The largest absolute Gasteiger partial charge is 0.310 e. The topological polar surface area (TPSA) is 12.0 Å². The molecule has 0 bridgehead atoms. The van der Waals surface area contributed by atoms with Crippen molar-refractivity contribution in [3.63, 3.8) is 0 Å². The Hall–Kier alpha value is -1.60. The van der Waals surface area contributed by atoms with Crippen LogP contribution in [0.15, 0.2) is 54.6 Å². The molecule has 0 aliphatic heterocycles. The van der Waals surface area contributed by atoms with Crippen molar-refractivity contribution in [1.82, 2.24) is 5.32 Å². The van der Waals surface area contributed by atoms with E-state index < -0.39 is 0 Å². The monoisotopic (exact) mass is 267 g/mol. The average molecular weight is 267 g/mol. The molecule has 1 atom stereocenters. The number of aryl methyl sites for hydroxylation is 1. The summed E-state index contributed by atoms with van der Waals surface area (Å²) < 4.78 is 0. The first-order valence-electron chi connectivity index (χ1n) is 7.67. The van der Waals surface area contributed by atoms with Gasteiger partial charge in [-0.05, 0) is 36.0 Å². The van der Waals surface area contributed by atoms with E-state index in [2.05, 4.69) is 73.8 Å². The molecule has 20 heavy (non-hydrogen) atoms. The summed E-state index contributed by atoms with van der Waals surface area (Å²) in [5.74, 6) is 0. The molecule has 1 heteroatoms. The highest BCUT2D eigenvalue weighted by atomic mass is 14.9. The summed E-state index contributed by atoms with van der Waals surface area (Å²) >= 11 is 0. The van der Waals surface area contributed by atoms with Crippen molar-refractivity contribution in [2.75, 3.05) is 0 Å². The fourth-order valence-corrected chi connectivity index (χ4v) is 2.41. The quantitative estimate of drug-likeness (QED) is 0.786. The van der Waals surface area contributed by atoms with Gasteiger partial charge in [0.1, 0.15) is 0 Å². The first-order valence-corrected chi connectivity index (χ1v) is 7.67. The lowest BCUT2D eigenvalue weighted by atomic mass is 10.0. The van der Waals surface area contributed by atoms with Crippen molar-refractivity contribution in [2.45, 2.75) is 45.7 Å². The van der Waals surface area contributed by atoms with Crippen molar-refractivity contribution in [3.05, 3.63) is 71.3 Å². The summed E-state index contributed by atoms with van der Waals surface area (Å²) in [5.41, 5.74) is 4.19. The second-order valence-electron chi connectivity index (χ2n) is 5.35. The van der Waals surface area contributed by atoms with Gasteiger partial charge in [0.25, 0.3) is 0 Å². The van der Waals surface area contributed by atoms with Crippen molar-refractivity contribution < 1.29 is 0 Å². The maximum atomic E-state index is 3.67. The van der Waals surface area contributed by atoms with E-state index in [1.807, 2.05) is 0 Å². The third-order valence-electron chi connectivity index (χ3n) is 3.84. The van der Waals surface area contributed by atoms with Crippen LogP contribution in [0.5, 0.6) is 0 Å². The highest BCUT2D eigenvalue weighted by Crippen LogP contribution is 2.08. The SMILES string of the molecule is CCc1ccc(CNC(CC)Cc2ccccc2)cc1. The van der Waals surface area contributed by atoms with E-state index in [-0.39, 0.29) is 0 Å². The minimum Gasteiger partial charge on any atom is -0.310 e. The highest BCUT2D eigenvalue weighted by molar-refractivity contribution is 5.22. The second-order valence-corrected chi connectivity index (χ2v) is 5.35. The molecular weight excluding hydrogens is 242 g/mol. The average Bonchev–Trinajstić information content (AvgIpc) is 2.53. The van der Waals surface area contributed by atoms with Gasteiger partial charge in [0.05, 0.1) is 0 Å². The Kier molecular flexibility index (Phi) is 5.82. The van der Waals surface area contributed by atoms with Gasteiger partial charge >= 0.3 is 0 Å². The zero-order valence-electron chi connectivity index (χ0n) is 12.6. The molecule has 0 radical (unpaired) electrons. The normalized spacial score (nSPS) is 12.3. The predicted molar refractivity (Wildman–Crippen MR) is 86.9 cm³/mol. The molecule has 2 aromatic rings. The van der Waals surface area contributed by atoms with Crippen LogP contribution in [0.1, 0.15) is 37.0 Å². The summed E-state index contributed by atoms with van der Waals surface area (Å²) in [4.78, 5) is 0. The van der Waals surface area contributed by atoms with E-state index in [0.29, 0.717) is 6.04 Å². The van der Waals surface area contributed by atoms with E-state index >= 15 is 0 Å². The summed E-state index contributed by atoms with van der Waals surface area (Å²) in [6.45, 7) is 5.40. The first kappa shape index (κ1) is 14.8. The third kappa shape index (κ3) is 4.50. The van der Waals surface area contributed by atoms with Crippen LogP contribution < -0.4 is 5.32 Å². The number of hydrogen-bond donors (Lipinski definition) is 1. The minimum absolute atomic E-state index is 0.545. The molecule has 106 valence electrons. The number of nitrogens with one attached hydrogen (secondary N) is 1. The van der Waals surface area contributed by atoms with Crippen LogP contribution >= 0.6 is 0 Å². The summed E-state index contributed by atoms with van der Waals surface area (Å²) in [6.07, 6.45) is 3.37. The van der Waals surface area contributed by atoms with Crippen LogP contribution in [0.3, 0.4) is 0 Å². The van der Waals surface area contributed by atoms with E-state index in [0.717, 1.165) is 25.8 Å². The molecular formula is C19H25N. The van der Waals surface area contributed by atoms with Crippen LogP contribution in [0.25, 0.3) is 0 Å². The van der Waals surface area contributed by atoms with E-state index in [4.69, 9.17) is 0 Å². The van der Waals surface area contributed by atoms with E-state index in [1.54, 1.807) is 0 Å². The number of rotatable bonds is 7. The summed E-state index contributed by atoms with van der Waals surface area (Å²) in [7, 11) is 0. The lowest BCUT2D eigenvalue weighted by Crippen LogP contribution is -2.30. The molecule has 0 fully saturated rings. The van der Waals surface area contributed by atoms with Gasteiger partial charge in [0.15, 0.2) is 0 Å². The Balaban J connectivity index is 1.86. The van der Waals surface area contributed by atoms with Crippen LogP contribution in [0.2, 0.25) is 0 Å². The van der Waals surface area contributed by atoms with E-state index in [9.17, 15) is 0 Å². The Morgan fingerprint density at radius 3 is 2.05 bits per heavy atom. The van der Waals surface area contributed by atoms with Crippen molar-refractivity contribution >= 4 is 0 Å². The molecule has 0 aliphatic rings. The third-order valence-corrected chi connectivity index (χ3v) is 3.84. The molecule has 2 aromatic carbocycles. The molecule has 1 N–H and O–H groups in total. The van der Waals surface area contributed by atoms with Gasteiger partial charge in [-0.15, -0.1) is 0 Å². The molecule has 0 spiro atoms. The van der Waals surface area contributed by atoms with Gasteiger partial charge in [-0.2, -0.15) is 0 Å². The van der Waals surface area contributed by atoms with Gasteiger partial charge in [-0.3, -0.25) is 0 Å². The van der Waals surface area contributed by atoms with Gasteiger partial charge < -0.3 is 5.32 Å². The fraction of sp³-hybridized carbons (Fsp3) is 0.368. The Bertz CT molecular complexity index is 487. The zero-order chi connectivity index (χ0) is 14.2. The highest BCUT2D eigenvalue weighted by Gasteiger charge is 2.06. The molecule has 0 aliphatic carbocycles. The Morgan fingerprint density at radius 1 is 0.800 bits per heavy atom. The second kappa shape index (κ2) is 7.86. The number of hydrogen-bond acceptors (Lipinski definition) is 1. The van der Waals surface area contributed by atoms with Gasteiger partial charge in [-0.1, -0.05) is 68.4 Å². The van der Waals surface area contributed by atoms with Gasteiger partial charge in [0, 0.05) is 12.6 Å². The smallest absolute Gasteiger partial charge is 0.0208 e. The summed E-state index contributed by atoms with van der Waals surface area (Å²) in [5, 5.41) is 3.67. The van der Waals surface area contributed by atoms with Crippen LogP contribution in [0.4, 0.5) is 0 Å². The van der Waals surface area contributed by atoms with Crippen LogP contribution in [-0.2, 0) is 19.4 Å². The van der Waals surface area contributed by atoms with Crippen molar-refractivity contribution in [2.24, 2.45) is 0 Å². The van der Waals surface area contributed by atoms with Crippen molar-refractivity contribution in [1.29, 1.82) is 0 Å². The molecule has 1 nitrogen and oxygen atoms in total. The minimum atomic E-state index is 0.545. The molecule has 1 unspecified atom stereocenters. The molecule has 0 saturated carbocycles. The lowest BCUT2D eigenvalue weighted by molar-refractivity contribution is 0.494. The van der Waals surface area contributed by atoms with E-state index in [1.165, 1.54) is 16.7 Å². The van der Waals surface area contributed by atoms with Crippen molar-refractivity contribution in [3.8, 4) is 0 Å². The van der Waals surface area contributed by atoms with Gasteiger partial charge in [-0.25, -0.2) is 0 Å². The Morgan fingerprint density at radius 2 is 1.45 bits per heavy atom. The maximum Gasteiger partial charge on any atom is 0.0208 e. The molecule has 0 aromatic heterocycles.